The highest BCUT2D eigenvalue weighted by atomic mass is 14.9. The zero-order valence-corrected chi connectivity index (χ0v) is 8.66. The zero-order chi connectivity index (χ0) is 9.97. The summed E-state index contributed by atoms with van der Waals surface area (Å²) in [7, 11) is 0. The molecule has 0 bridgehead atoms. The van der Waals surface area contributed by atoms with Gasteiger partial charge in [0, 0.05) is 11.7 Å². The van der Waals surface area contributed by atoms with Crippen molar-refractivity contribution in [3.8, 4) is 0 Å². The second-order valence-electron chi connectivity index (χ2n) is 4.27. The van der Waals surface area contributed by atoms with Gasteiger partial charge in [-0.3, -0.25) is 0 Å². The van der Waals surface area contributed by atoms with Crippen molar-refractivity contribution < 1.29 is 0 Å². The van der Waals surface area contributed by atoms with Gasteiger partial charge in [0.25, 0.3) is 0 Å². The van der Waals surface area contributed by atoms with Crippen molar-refractivity contribution in [3.05, 3.63) is 29.8 Å². The molecule has 76 valence electrons. The summed E-state index contributed by atoms with van der Waals surface area (Å²) in [6, 6.07) is 8.62. The van der Waals surface area contributed by atoms with Crippen molar-refractivity contribution in [2.45, 2.75) is 25.8 Å². The molecule has 1 aliphatic rings. The van der Waals surface area contributed by atoms with Gasteiger partial charge in [-0.1, -0.05) is 25.1 Å². The fraction of sp³-hybridized carbons (Fsp3) is 0.500. The Bertz CT molecular complexity index is 309. The minimum absolute atomic E-state index is 0.458. The fourth-order valence-corrected chi connectivity index (χ4v) is 2.17. The highest BCUT2D eigenvalue weighted by molar-refractivity contribution is 5.48. The first-order valence-corrected chi connectivity index (χ1v) is 5.35. The van der Waals surface area contributed by atoms with Gasteiger partial charge in [0.05, 0.1) is 0 Å². The first-order chi connectivity index (χ1) is 6.77. The molecule has 0 radical (unpaired) electrons. The van der Waals surface area contributed by atoms with Gasteiger partial charge in [-0.2, -0.15) is 0 Å². The minimum atomic E-state index is 0.458. The molecule has 2 unspecified atom stereocenters. The number of rotatable bonds is 1. The van der Waals surface area contributed by atoms with E-state index in [2.05, 4.69) is 24.4 Å². The standard InChI is InChI=1S/C12H18N2/c1-9-6-7-14-12(8-9)10-4-2-3-5-11(10)13/h2-5,9,12,14H,6-8,13H2,1H3. The lowest BCUT2D eigenvalue weighted by Gasteiger charge is -2.29. The number of hydrogen-bond donors (Lipinski definition) is 2. The van der Waals surface area contributed by atoms with Crippen LogP contribution in [0.1, 0.15) is 31.4 Å². The number of nitrogen functional groups attached to an aromatic ring is 1. The Morgan fingerprint density at radius 1 is 1.36 bits per heavy atom. The summed E-state index contributed by atoms with van der Waals surface area (Å²) in [4.78, 5) is 0. The second-order valence-corrected chi connectivity index (χ2v) is 4.27. The van der Waals surface area contributed by atoms with Gasteiger partial charge in [-0.05, 0) is 36.9 Å². The van der Waals surface area contributed by atoms with E-state index in [0.29, 0.717) is 6.04 Å². The first-order valence-electron chi connectivity index (χ1n) is 5.35. The molecule has 0 aromatic heterocycles. The van der Waals surface area contributed by atoms with Crippen molar-refractivity contribution in [1.82, 2.24) is 5.32 Å². The Hall–Kier alpha value is -1.02. The van der Waals surface area contributed by atoms with Crippen molar-refractivity contribution in [2.24, 2.45) is 5.92 Å². The highest BCUT2D eigenvalue weighted by Gasteiger charge is 2.20. The highest BCUT2D eigenvalue weighted by Crippen LogP contribution is 2.29. The van der Waals surface area contributed by atoms with Crippen molar-refractivity contribution in [2.75, 3.05) is 12.3 Å². The van der Waals surface area contributed by atoms with Crippen LogP contribution in [-0.2, 0) is 0 Å². The summed E-state index contributed by atoms with van der Waals surface area (Å²) in [6.45, 7) is 3.42. The summed E-state index contributed by atoms with van der Waals surface area (Å²) >= 11 is 0. The molecule has 0 amide bonds. The molecule has 0 aliphatic carbocycles. The largest absolute Gasteiger partial charge is 0.398 e. The molecule has 1 aromatic carbocycles. The van der Waals surface area contributed by atoms with Crippen LogP contribution in [0.3, 0.4) is 0 Å². The van der Waals surface area contributed by atoms with Crippen LogP contribution >= 0.6 is 0 Å². The van der Waals surface area contributed by atoms with Crippen molar-refractivity contribution in [1.29, 1.82) is 0 Å². The van der Waals surface area contributed by atoms with Crippen LogP contribution in [0.25, 0.3) is 0 Å². The van der Waals surface area contributed by atoms with Gasteiger partial charge in [-0.25, -0.2) is 0 Å². The molecule has 1 fully saturated rings. The van der Waals surface area contributed by atoms with E-state index in [-0.39, 0.29) is 0 Å². The molecule has 2 heteroatoms. The summed E-state index contributed by atoms with van der Waals surface area (Å²) in [6.07, 6.45) is 2.48. The van der Waals surface area contributed by atoms with Crippen molar-refractivity contribution >= 4 is 5.69 Å². The molecule has 1 heterocycles. The maximum atomic E-state index is 5.96. The minimum Gasteiger partial charge on any atom is -0.398 e. The van der Waals surface area contributed by atoms with Gasteiger partial charge in [-0.15, -0.1) is 0 Å². The lowest BCUT2D eigenvalue weighted by Crippen LogP contribution is -2.31. The van der Waals surface area contributed by atoms with E-state index in [1.165, 1.54) is 18.4 Å². The summed E-state index contributed by atoms with van der Waals surface area (Å²) in [5, 5.41) is 3.53. The number of nitrogens with two attached hydrogens (primary N) is 1. The van der Waals surface area contributed by atoms with Crippen molar-refractivity contribution in [3.63, 3.8) is 0 Å². The fourth-order valence-electron chi connectivity index (χ4n) is 2.17. The van der Waals surface area contributed by atoms with E-state index in [0.717, 1.165) is 18.2 Å². The van der Waals surface area contributed by atoms with Gasteiger partial charge in [0.15, 0.2) is 0 Å². The molecule has 1 saturated heterocycles. The van der Waals surface area contributed by atoms with E-state index in [1.54, 1.807) is 0 Å². The van der Waals surface area contributed by atoms with Crippen LogP contribution in [0.15, 0.2) is 24.3 Å². The van der Waals surface area contributed by atoms with Crippen LogP contribution in [0.2, 0.25) is 0 Å². The number of hydrogen-bond acceptors (Lipinski definition) is 2. The first kappa shape index (κ1) is 9.53. The van der Waals surface area contributed by atoms with Crippen LogP contribution in [0, 0.1) is 5.92 Å². The van der Waals surface area contributed by atoms with E-state index < -0.39 is 0 Å². The third-order valence-electron chi connectivity index (χ3n) is 3.04. The molecule has 2 rings (SSSR count). The van der Waals surface area contributed by atoms with Gasteiger partial charge in [0.2, 0.25) is 0 Å². The maximum absolute atomic E-state index is 5.96. The molecule has 2 atom stereocenters. The van der Waals surface area contributed by atoms with E-state index >= 15 is 0 Å². The quantitative estimate of drug-likeness (QED) is 0.667. The number of anilines is 1. The maximum Gasteiger partial charge on any atom is 0.0362 e. The van der Waals surface area contributed by atoms with Crippen LogP contribution < -0.4 is 11.1 Å². The summed E-state index contributed by atoms with van der Waals surface area (Å²) in [5.74, 6) is 0.806. The summed E-state index contributed by atoms with van der Waals surface area (Å²) < 4.78 is 0. The molecule has 1 aromatic rings. The number of nitrogens with one attached hydrogen (secondary N) is 1. The molecular weight excluding hydrogens is 172 g/mol. The van der Waals surface area contributed by atoms with E-state index in [1.807, 2.05) is 12.1 Å². The molecule has 14 heavy (non-hydrogen) atoms. The Balaban J connectivity index is 2.18. The van der Waals surface area contributed by atoms with E-state index in [4.69, 9.17) is 5.73 Å². The number of piperidine rings is 1. The normalized spacial score (nSPS) is 27.5. The van der Waals surface area contributed by atoms with Gasteiger partial charge < -0.3 is 11.1 Å². The number of benzene rings is 1. The molecule has 0 saturated carbocycles. The van der Waals surface area contributed by atoms with Crippen LogP contribution in [0.5, 0.6) is 0 Å². The molecule has 3 N–H and O–H groups in total. The van der Waals surface area contributed by atoms with Crippen LogP contribution in [0.4, 0.5) is 5.69 Å². The van der Waals surface area contributed by atoms with Gasteiger partial charge in [0.1, 0.15) is 0 Å². The average Bonchev–Trinajstić information content (AvgIpc) is 2.18. The monoisotopic (exact) mass is 190 g/mol. The Morgan fingerprint density at radius 2 is 2.14 bits per heavy atom. The lowest BCUT2D eigenvalue weighted by atomic mass is 9.89. The van der Waals surface area contributed by atoms with Crippen LogP contribution in [-0.4, -0.2) is 6.54 Å². The Kier molecular flexibility index (Phi) is 2.73. The molecular formula is C12H18N2. The third kappa shape index (κ3) is 1.90. The zero-order valence-electron chi connectivity index (χ0n) is 8.66. The lowest BCUT2D eigenvalue weighted by molar-refractivity contribution is 0.326. The predicted octanol–water partition coefficient (Wildman–Crippen LogP) is 2.33. The second kappa shape index (κ2) is 4.01. The average molecular weight is 190 g/mol. The predicted molar refractivity (Wildman–Crippen MR) is 60.0 cm³/mol. The Morgan fingerprint density at radius 3 is 2.86 bits per heavy atom. The molecule has 0 spiro atoms. The topological polar surface area (TPSA) is 38.0 Å². The molecule has 2 nitrogen and oxygen atoms in total. The third-order valence-corrected chi connectivity index (χ3v) is 3.04. The Labute approximate surface area is 85.5 Å². The number of para-hydroxylation sites is 1. The molecule has 1 aliphatic heterocycles. The van der Waals surface area contributed by atoms with E-state index in [9.17, 15) is 0 Å². The smallest absolute Gasteiger partial charge is 0.0362 e. The van der Waals surface area contributed by atoms with Gasteiger partial charge >= 0.3 is 0 Å². The summed E-state index contributed by atoms with van der Waals surface area (Å²) in [5.41, 5.74) is 8.14. The SMILES string of the molecule is CC1CCNC(c2ccccc2N)C1.